The first-order chi connectivity index (χ1) is 12.0. The minimum Gasteiger partial charge on any atom is -0.272 e. The van der Waals surface area contributed by atoms with Crippen LogP contribution >= 0.6 is 34.8 Å². The molecule has 0 aliphatic rings. The zero-order chi connectivity index (χ0) is 17.8. The van der Waals surface area contributed by atoms with Gasteiger partial charge in [-0.15, -0.1) is 0 Å². The second kappa shape index (κ2) is 7.70. The number of halogens is 3. The number of amides is 1. The van der Waals surface area contributed by atoms with Crippen molar-refractivity contribution in [3.63, 3.8) is 0 Å². The molecule has 8 heteroatoms. The smallest absolute Gasteiger partial charge is 0.272 e. The summed E-state index contributed by atoms with van der Waals surface area (Å²) in [7, 11) is 0. The summed E-state index contributed by atoms with van der Waals surface area (Å²) in [6.45, 7) is 0. The first-order valence-electron chi connectivity index (χ1n) is 7.13. The second-order valence-corrected chi connectivity index (χ2v) is 6.26. The van der Waals surface area contributed by atoms with Crippen LogP contribution in [0.4, 0.5) is 0 Å². The molecule has 2 aromatic carbocycles. The van der Waals surface area contributed by atoms with Crippen LogP contribution in [-0.4, -0.2) is 22.3 Å². The van der Waals surface area contributed by atoms with E-state index in [2.05, 4.69) is 20.7 Å². The molecule has 2 N–H and O–H groups in total. The van der Waals surface area contributed by atoms with E-state index in [9.17, 15) is 4.79 Å². The first kappa shape index (κ1) is 17.5. The maximum Gasteiger partial charge on any atom is 0.289 e. The quantitative estimate of drug-likeness (QED) is 0.494. The van der Waals surface area contributed by atoms with Gasteiger partial charge in [-0.1, -0.05) is 53.0 Å². The Balaban J connectivity index is 1.72. The Morgan fingerprint density at radius 2 is 1.88 bits per heavy atom. The normalized spacial score (nSPS) is 11.0. The fraction of sp³-hybridized carbons (Fsp3) is 0. The van der Waals surface area contributed by atoms with Gasteiger partial charge in [0.1, 0.15) is 5.69 Å². The first-order valence-corrected chi connectivity index (χ1v) is 8.27. The molecule has 5 nitrogen and oxygen atoms in total. The molecule has 0 spiro atoms. The monoisotopic (exact) mass is 392 g/mol. The molecule has 1 amide bonds. The highest BCUT2D eigenvalue weighted by atomic mass is 35.5. The zero-order valence-corrected chi connectivity index (χ0v) is 14.9. The highest BCUT2D eigenvalue weighted by Crippen LogP contribution is 2.29. The number of carbonyl (C=O) groups is 1. The molecule has 0 unspecified atom stereocenters. The van der Waals surface area contributed by atoms with Gasteiger partial charge in [0.05, 0.1) is 16.9 Å². The van der Waals surface area contributed by atoms with Gasteiger partial charge < -0.3 is 0 Å². The molecule has 126 valence electrons. The Morgan fingerprint density at radius 1 is 1.08 bits per heavy atom. The van der Waals surface area contributed by atoms with Gasteiger partial charge in [-0.2, -0.15) is 10.2 Å². The van der Waals surface area contributed by atoms with Gasteiger partial charge in [0.25, 0.3) is 5.91 Å². The predicted molar refractivity (Wildman–Crippen MR) is 101 cm³/mol. The lowest BCUT2D eigenvalue weighted by molar-refractivity contribution is 0.0950. The molecule has 3 rings (SSSR count). The van der Waals surface area contributed by atoms with E-state index in [0.29, 0.717) is 31.9 Å². The van der Waals surface area contributed by atoms with E-state index in [1.165, 1.54) is 6.21 Å². The molecule has 1 heterocycles. The molecular formula is C17H11Cl3N4O. The van der Waals surface area contributed by atoms with E-state index >= 15 is 0 Å². The number of hydrogen-bond donors (Lipinski definition) is 2. The number of carbonyl (C=O) groups excluding carboxylic acids is 1. The van der Waals surface area contributed by atoms with E-state index in [-0.39, 0.29) is 5.69 Å². The average molecular weight is 394 g/mol. The van der Waals surface area contributed by atoms with Crippen LogP contribution in [0, 0.1) is 0 Å². The number of benzene rings is 2. The number of nitrogens with one attached hydrogen (secondary N) is 2. The van der Waals surface area contributed by atoms with Gasteiger partial charge in [-0.3, -0.25) is 9.89 Å². The highest BCUT2D eigenvalue weighted by Gasteiger charge is 2.12. The summed E-state index contributed by atoms with van der Waals surface area (Å²) in [4.78, 5) is 12.1. The number of hydrazone groups is 1. The molecule has 0 radical (unpaired) electrons. The molecule has 0 saturated carbocycles. The average Bonchev–Trinajstić information content (AvgIpc) is 3.06. The number of H-pyrrole nitrogens is 1. The molecule has 0 bridgehead atoms. The third kappa shape index (κ3) is 4.20. The lowest BCUT2D eigenvalue weighted by Crippen LogP contribution is -2.18. The van der Waals surface area contributed by atoms with Crippen molar-refractivity contribution in [2.45, 2.75) is 0 Å². The number of aromatic nitrogens is 2. The molecule has 0 aliphatic carbocycles. The molecule has 1 aromatic heterocycles. The number of rotatable bonds is 4. The molecule has 25 heavy (non-hydrogen) atoms. The minimum absolute atomic E-state index is 0.248. The van der Waals surface area contributed by atoms with Crippen LogP contribution in [0.1, 0.15) is 16.1 Å². The maximum atomic E-state index is 12.1. The van der Waals surface area contributed by atoms with Crippen molar-refractivity contribution in [3.8, 4) is 11.3 Å². The van der Waals surface area contributed by atoms with Crippen molar-refractivity contribution in [2.75, 3.05) is 0 Å². The summed E-state index contributed by atoms with van der Waals surface area (Å²) in [6, 6.07) is 13.8. The van der Waals surface area contributed by atoms with Gasteiger partial charge in [-0.05, 0) is 30.3 Å². The van der Waals surface area contributed by atoms with E-state index in [1.54, 1.807) is 36.4 Å². The van der Waals surface area contributed by atoms with Gasteiger partial charge in [0, 0.05) is 21.2 Å². The van der Waals surface area contributed by atoms with Crippen LogP contribution in [-0.2, 0) is 0 Å². The summed E-state index contributed by atoms with van der Waals surface area (Å²) in [5, 5.41) is 12.1. The van der Waals surface area contributed by atoms with Crippen LogP contribution < -0.4 is 5.43 Å². The van der Waals surface area contributed by atoms with Crippen molar-refractivity contribution in [1.29, 1.82) is 0 Å². The Kier molecular flexibility index (Phi) is 5.38. The Hall–Kier alpha value is -2.34. The zero-order valence-electron chi connectivity index (χ0n) is 12.6. The molecule has 0 fully saturated rings. The van der Waals surface area contributed by atoms with E-state index in [4.69, 9.17) is 34.8 Å². The van der Waals surface area contributed by atoms with Crippen molar-refractivity contribution in [3.05, 3.63) is 74.9 Å². The van der Waals surface area contributed by atoms with E-state index in [0.717, 1.165) is 0 Å². The Bertz CT molecular complexity index is 953. The molecular weight excluding hydrogens is 383 g/mol. The molecule has 0 saturated heterocycles. The van der Waals surface area contributed by atoms with Crippen LogP contribution in [0.2, 0.25) is 15.1 Å². The van der Waals surface area contributed by atoms with Crippen molar-refractivity contribution in [2.24, 2.45) is 5.10 Å². The Labute approximate surface area is 158 Å². The van der Waals surface area contributed by atoms with Crippen molar-refractivity contribution >= 4 is 46.9 Å². The van der Waals surface area contributed by atoms with Gasteiger partial charge in [-0.25, -0.2) is 5.43 Å². The van der Waals surface area contributed by atoms with Crippen molar-refractivity contribution in [1.82, 2.24) is 15.6 Å². The van der Waals surface area contributed by atoms with Crippen LogP contribution in [0.25, 0.3) is 11.3 Å². The van der Waals surface area contributed by atoms with Crippen LogP contribution in [0.3, 0.4) is 0 Å². The number of aromatic amines is 1. The fourth-order valence-electron chi connectivity index (χ4n) is 2.07. The molecule has 3 aromatic rings. The SMILES string of the molecule is O=C(NN=Cc1ccccc1Cl)c1cc(-c2ccc(Cl)cc2Cl)n[nH]1. The molecule has 0 aliphatic heterocycles. The summed E-state index contributed by atoms with van der Waals surface area (Å²) >= 11 is 18.0. The minimum atomic E-state index is -0.438. The lowest BCUT2D eigenvalue weighted by atomic mass is 10.1. The summed E-state index contributed by atoms with van der Waals surface area (Å²) < 4.78 is 0. The Morgan fingerprint density at radius 3 is 2.64 bits per heavy atom. The van der Waals surface area contributed by atoms with E-state index in [1.807, 2.05) is 12.1 Å². The second-order valence-electron chi connectivity index (χ2n) is 5.01. The third-order valence-corrected chi connectivity index (χ3v) is 4.20. The lowest BCUT2D eigenvalue weighted by Gasteiger charge is -2.00. The number of hydrogen-bond acceptors (Lipinski definition) is 3. The standard InChI is InChI=1S/C17H11Cl3N4O/c18-11-5-6-12(14(20)7-11)15-8-16(23-22-15)17(25)24-21-9-10-3-1-2-4-13(10)19/h1-9H,(H,22,23)(H,24,25). The third-order valence-electron chi connectivity index (χ3n) is 3.30. The largest absolute Gasteiger partial charge is 0.289 e. The highest BCUT2D eigenvalue weighted by molar-refractivity contribution is 6.36. The van der Waals surface area contributed by atoms with Crippen LogP contribution in [0.15, 0.2) is 53.6 Å². The van der Waals surface area contributed by atoms with Gasteiger partial charge >= 0.3 is 0 Å². The summed E-state index contributed by atoms with van der Waals surface area (Å²) in [5.41, 5.74) is 4.55. The van der Waals surface area contributed by atoms with E-state index < -0.39 is 5.91 Å². The van der Waals surface area contributed by atoms with Gasteiger partial charge in [0.15, 0.2) is 0 Å². The van der Waals surface area contributed by atoms with Gasteiger partial charge in [0.2, 0.25) is 0 Å². The van der Waals surface area contributed by atoms with Crippen molar-refractivity contribution < 1.29 is 4.79 Å². The summed E-state index contributed by atoms with van der Waals surface area (Å²) in [5.74, 6) is -0.438. The van der Waals surface area contributed by atoms with Crippen LogP contribution in [0.5, 0.6) is 0 Å². The molecule has 0 atom stereocenters. The maximum absolute atomic E-state index is 12.1. The topological polar surface area (TPSA) is 70.1 Å². The summed E-state index contributed by atoms with van der Waals surface area (Å²) in [6.07, 6.45) is 1.47. The fourth-order valence-corrected chi connectivity index (χ4v) is 2.76. The number of nitrogens with zero attached hydrogens (tertiary/aromatic N) is 2. The predicted octanol–water partition coefficient (Wildman–Crippen LogP) is 4.80.